The molecule has 498 valence electrons. The third kappa shape index (κ3) is 68.2. The second-order valence-electron chi connectivity index (χ2n) is 27.0. The molecule has 0 rings (SSSR count). The fraction of sp³-hybridized carbons (Fsp3) is 0.907. The normalized spacial score (nSPS) is 13.8. The number of nitrogens with zero attached hydrogens (tertiary/aromatic N) is 1. The summed E-state index contributed by atoms with van der Waals surface area (Å²) in [5.41, 5.74) is 0. The number of amides is 1. The van der Waals surface area contributed by atoms with Crippen molar-refractivity contribution in [2.45, 2.75) is 398 Å². The van der Waals surface area contributed by atoms with Crippen molar-refractivity contribution in [3.63, 3.8) is 0 Å². The van der Waals surface area contributed by atoms with Crippen LogP contribution in [0.5, 0.6) is 0 Å². The van der Waals surface area contributed by atoms with Crippen LogP contribution >= 0.6 is 7.82 Å². The van der Waals surface area contributed by atoms with Crippen LogP contribution in [0.1, 0.15) is 386 Å². The third-order valence-electron chi connectivity index (χ3n) is 17.3. The standard InChI is InChI=1S/C75H147N2O6P/c1-6-8-10-12-14-16-18-20-22-24-26-28-30-32-34-36-37-38-39-40-41-43-45-47-49-51-53-55-57-59-61-63-65-67-69-75(79)76-73(72-83-84(80,81)82-71-70-77(3,4)5)74(78)68-66-64-62-60-58-56-54-52-50-48-46-44-42-35-33-31-29-27-25-23-21-19-17-15-13-11-9-7-2/h50,52,58,60,66,68,73-74,78H,6-49,51,53-57,59,61-65,67,69-72H2,1-5H3,(H-,76,79,80,81)/b52-50+,60-58+,68-66+. The summed E-state index contributed by atoms with van der Waals surface area (Å²) >= 11 is 0. The van der Waals surface area contributed by atoms with E-state index in [-0.39, 0.29) is 12.5 Å². The van der Waals surface area contributed by atoms with Crippen LogP contribution in [0, 0.1) is 0 Å². The fourth-order valence-electron chi connectivity index (χ4n) is 11.5. The monoisotopic (exact) mass is 1200 g/mol. The van der Waals surface area contributed by atoms with E-state index < -0.39 is 26.6 Å². The highest BCUT2D eigenvalue weighted by molar-refractivity contribution is 7.45. The number of hydrogen-bond donors (Lipinski definition) is 2. The van der Waals surface area contributed by atoms with E-state index in [1.807, 2.05) is 27.2 Å². The lowest BCUT2D eigenvalue weighted by Crippen LogP contribution is -2.45. The number of likely N-dealkylation sites (N-methyl/N-ethyl adjacent to an activating group) is 1. The molecule has 0 heterocycles. The molecule has 1 amide bonds. The average Bonchev–Trinajstić information content (AvgIpc) is 3.56. The first-order valence-electron chi connectivity index (χ1n) is 37.4. The van der Waals surface area contributed by atoms with Crippen molar-refractivity contribution < 1.29 is 32.9 Å². The summed E-state index contributed by atoms with van der Waals surface area (Å²) in [5, 5.41) is 14.0. The zero-order chi connectivity index (χ0) is 61.2. The number of phosphoric acid groups is 1. The summed E-state index contributed by atoms with van der Waals surface area (Å²) in [5.74, 6) is -0.203. The Labute approximate surface area is 525 Å². The SMILES string of the molecule is CCCCCCCCCCCCCCCCCCCC/C=C/CC/C=C/CC/C=C/C(O)C(COP(=O)([O-])OCC[N+](C)(C)C)NC(=O)CCCCCCCCCCCCCCCCCCCCCCCCCCCCCCCCCCCC. The van der Waals surface area contributed by atoms with Crippen LogP contribution in [-0.4, -0.2) is 68.5 Å². The maximum atomic E-state index is 13.0. The minimum Gasteiger partial charge on any atom is -0.756 e. The van der Waals surface area contributed by atoms with Crippen molar-refractivity contribution in [3.05, 3.63) is 36.5 Å². The zero-order valence-corrected chi connectivity index (χ0v) is 58.0. The van der Waals surface area contributed by atoms with Crippen LogP contribution in [0.25, 0.3) is 0 Å². The van der Waals surface area contributed by atoms with E-state index in [4.69, 9.17) is 9.05 Å². The summed E-state index contributed by atoms with van der Waals surface area (Å²) in [6.45, 7) is 4.69. The smallest absolute Gasteiger partial charge is 0.268 e. The van der Waals surface area contributed by atoms with Gasteiger partial charge in [0, 0.05) is 6.42 Å². The summed E-state index contributed by atoms with van der Waals surface area (Å²) in [6.07, 6.45) is 88.8. The number of allylic oxidation sites excluding steroid dienone is 5. The maximum absolute atomic E-state index is 13.0. The summed E-state index contributed by atoms with van der Waals surface area (Å²) in [4.78, 5) is 25.6. The van der Waals surface area contributed by atoms with E-state index in [1.165, 1.54) is 321 Å². The Balaban J connectivity index is 4.03. The second kappa shape index (κ2) is 66.1. The van der Waals surface area contributed by atoms with Gasteiger partial charge in [-0.15, -0.1) is 0 Å². The number of aliphatic hydroxyl groups is 1. The highest BCUT2D eigenvalue weighted by atomic mass is 31.2. The van der Waals surface area contributed by atoms with Crippen molar-refractivity contribution >= 4 is 13.7 Å². The average molecular weight is 1200 g/mol. The van der Waals surface area contributed by atoms with Crippen LogP contribution in [-0.2, 0) is 18.4 Å². The van der Waals surface area contributed by atoms with E-state index in [9.17, 15) is 19.4 Å². The molecular formula is C75H147N2O6P. The number of unbranched alkanes of at least 4 members (excludes halogenated alkanes) is 53. The lowest BCUT2D eigenvalue weighted by molar-refractivity contribution is -0.870. The first-order chi connectivity index (χ1) is 41.0. The van der Waals surface area contributed by atoms with Crippen molar-refractivity contribution in [1.82, 2.24) is 5.32 Å². The minimum atomic E-state index is -4.62. The van der Waals surface area contributed by atoms with Gasteiger partial charge >= 0.3 is 0 Å². The predicted molar refractivity (Wildman–Crippen MR) is 367 cm³/mol. The van der Waals surface area contributed by atoms with E-state index in [0.29, 0.717) is 17.4 Å². The molecule has 0 saturated carbocycles. The van der Waals surface area contributed by atoms with Gasteiger partial charge in [-0.1, -0.05) is 371 Å². The lowest BCUT2D eigenvalue weighted by atomic mass is 10.0. The highest BCUT2D eigenvalue weighted by Gasteiger charge is 2.23. The molecule has 3 unspecified atom stereocenters. The molecule has 0 bridgehead atoms. The number of quaternary nitrogens is 1. The van der Waals surface area contributed by atoms with Crippen LogP contribution < -0.4 is 10.2 Å². The number of nitrogens with one attached hydrogen (secondary N) is 1. The molecule has 84 heavy (non-hydrogen) atoms. The Morgan fingerprint density at radius 2 is 0.667 bits per heavy atom. The molecule has 2 N–H and O–H groups in total. The molecule has 0 aliphatic carbocycles. The number of phosphoric ester groups is 1. The summed E-state index contributed by atoms with van der Waals surface area (Å²) in [7, 11) is 1.25. The van der Waals surface area contributed by atoms with Gasteiger partial charge in [0.15, 0.2) is 0 Å². The first-order valence-corrected chi connectivity index (χ1v) is 38.8. The second-order valence-corrected chi connectivity index (χ2v) is 28.4. The van der Waals surface area contributed by atoms with Gasteiger partial charge in [-0.05, 0) is 44.9 Å². The molecule has 0 aliphatic rings. The summed E-state index contributed by atoms with van der Waals surface area (Å²) < 4.78 is 23.5. The van der Waals surface area contributed by atoms with Crippen LogP contribution in [0.4, 0.5) is 0 Å². The Bertz CT molecular complexity index is 1460. The third-order valence-corrected chi connectivity index (χ3v) is 18.3. The van der Waals surface area contributed by atoms with Gasteiger partial charge in [-0.2, -0.15) is 0 Å². The Hall–Kier alpha value is -1.28. The summed E-state index contributed by atoms with van der Waals surface area (Å²) in [6, 6.07) is -0.910. The number of carbonyl (C=O) groups excluding carboxylic acids is 1. The molecule has 0 aliphatic heterocycles. The van der Waals surface area contributed by atoms with Gasteiger partial charge in [0.25, 0.3) is 7.82 Å². The molecule has 0 saturated heterocycles. The molecule has 9 heteroatoms. The van der Waals surface area contributed by atoms with Gasteiger partial charge in [0.05, 0.1) is 39.9 Å². The Morgan fingerprint density at radius 1 is 0.405 bits per heavy atom. The number of rotatable bonds is 70. The van der Waals surface area contributed by atoms with Crippen LogP contribution in [0.2, 0.25) is 0 Å². The molecule has 0 fully saturated rings. The van der Waals surface area contributed by atoms with Gasteiger partial charge < -0.3 is 28.8 Å². The maximum Gasteiger partial charge on any atom is 0.268 e. The Morgan fingerprint density at radius 3 is 0.964 bits per heavy atom. The van der Waals surface area contributed by atoms with Crippen molar-refractivity contribution in [3.8, 4) is 0 Å². The van der Waals surface area contributed by atoms with E-state index >= 15 is 0 Å². The molecule has 0 aromatic heterocycles. The van der Waals surface area contributed by atoms with Crippen LogP contribution in [0.15, 0.2) is 36.5 Å². The number of hydrogen-bond acceptors (Lipinski definition) is 6. The first kappa shape index (κ1) is 82.7. The van der Waals surface area contributed by atoms with Crippen molar-refractivity contribution in [2.24, 2.45) is 0 Å². The lowest BCUT2D eigenvalue weighted by Gasteiger charge is -2.29. The molecule has 8 nitrogen and oxygen atoms in total. The zero-order valence-electron chi connectivity index (χ0n) is 57.1. The fourth-order valence-corrected chi connectivity index (χ4v) is 12.3. The topological polar surface area (TPSA) is 108 Å². The Kier molecular flexibility index (Phi) is 65.1. The number of carbonyl (C=O) groups is 1. The van der Waals surface area contributed by atoms with E-state index in [2.05, 4.69) is 43.5 Å². The van der Waals surface area contributed by atoms with Crippen molar-refractivity contribution in [1.29, 1.82) is 0 Å². The van der Waals surface area contributed by atoms with Gasteiger partial charge in [-0.3, -0.25) is 9.36 Å². The molecule has 0 radical (unpaired) electrons. The largest absolute Gasteiger partial charge is 0.756 e. The van der Waals surface area contributed by atoms with E-state index in [1.54, 1.807) is 6.08 Å². The van der Waals surface area contributed by atoms with Crippen molar-refractivity contribution in [2.75, 3.05) is 40.9 Å². The minimum absolute atomic E-state index is 0.00701. The number of aliphatic hydroxyl groups excluding tert-OH is 1. The van der Waals surface area contributed by atoms with E-state index in [0.717, 1.165) is 44.9 Å². The highest BCUT2D eigenvalue weighted by Crippen LogP contribution is 2.38. The van der Waals surface area contributed by atoms with Crippen LogP contribution in [0.3, 0.4) is 0 Å². The van der Waals surface area contributed by atoms with Gasteiger partial charge in [-0.25, -0.2) is 0 Å². The molecule has 0 spiro atoms. The molecule has 0 aromatic rings. The molecule has 0 aromatic carbocycles. The van der Waals surface area contributed by atoms with Gasteiger partial charge in [0.1, 0.15) is 13.2 Å². The molecule has 3 atom stereocenters. The van der Waals surface area contributed by atoms with Gasteiger partial charge in [0.2, 0.25) is 5.91 Å². The molecular weight excluding hydrogens is 1060 g/mol. The predicted octanol–water partition coefficient (Wildman–Crippen LogP) is 23.4. The quantitative estimate of drug-likeness (QED) is 0.0272.